The molecule has 2 amide bonds. The number of hydrogen-bond acceptors (Lipinski definition) is 2. The third-order valence-corrected chi connectivity index (χ3v) is 4.70. The second-order valence-electron chi connectivity index (χ2n) is 6.47. The highest BCUT2D eigenvalue weighted by Gasteiger charge is 2.40. The van der Waals surface area contributed by atoms with Gasteiger partial charge in [0.1, 0.15) is 0 Å². The monoisotopic (exact) mass is 288 g/mol. The SMILES string of the molecule is Cc1ccc(CNC(=O)N2CCCC3(CCOC3)C2)cc1. The molecule has 4 nitrogen and oxygen atoms in total. The zero-order valence-corrected chi connectivity index (χ0v) is 12.7. The molecule has 0 radical (unpaired) electrons. The van der Waals surface area contributed by atoms with Crippen LogP contribution in [-0.2, 0) is 11.3 Å². The van der Waals surface area contributed by atoms with Crippen molar-refractivity contribution in [3.05, 3.63) is 35.4 Å². The molecule has 1 atom stereocenters. The topological polar surface area (TPSA) is 41.6 Å². The lowest BCUT2D eigenvalue weighted by atomic mass is 9.79. The van der Waals surface area contributed by atoms with Gasteiger partial charge in [0, 0.05) is 31.7 Å². The fourth-order valence-corrected chi connectivity index (χ4v) is 3.35. The van der Waals surface area contributed by atoms with E-state index < -0.39 is 0 Å². The molecule has 0 saturated carbocycles. The predicted molar refractivity (Wildman–Crippen MR) is 82.1 cm³/mol. The van der Waals surface area contributed by atoms with Crippen LogP contribution in [-0.4, -0.2) is 37.2 Å². The van der Waals surface area contributed by atoms with Gasteiger partial charge in [-0.2, -0.15) is 0 Å². The van der Waals surface area contributed by atoms with Crippen LogP contribution in [0, 0.1) is 12.3 Å². The number of piperidine rings is 1. The van der Waals surface area contributed by atoms with Crippen LogP contribution < -0.4 is 5.32 Å². The summed E-state index contributed by atoms with van der Waals surface area (Å²) in [7, 11) is 0. The number of amides is 2. The minimum absolute atomic E-state index is 0.0570. The van der Waals surface area contributed by atoms with E-state index in [1.807, 2.05) is 4.90 Å². The van der Waals surface area contributed by atoms with Crippen molar-refractivity contribution in [3.8, 4) is 0 Å². The number of nitrogens with one attached hydrogen (secondary N) is 1. The van der Waals surface area contributed by atoms with Crippen molar-refractivity contribution in [2.24, 2.45) is 5.41 Å². The number of hydrogen-bond donors (Lipinski definition) is 1. The predicted octanol–water partition coefficient (Wildman–Crippen LogP) is 2.71. The number of rotatable bonds is 2. The third kappa shape index (κ3) is 3.38. The number of nitrogens with zero attached hydrogens (tertiary/aromatic N) is 1. The fourth-order valence-electron chi connectivity index (χ4n) is 3.35. The Labute approximate surface area is 126 Å². The molecule has 114 valence electrons. The first-order chi connectivity index (χ1) is 10.2. The zero-order valence-electron chi connectivity index (χ0n) is 12.7. The Kier molecular flexibility index (Phi) is 4.15. The van der Waals surface area contributed by atoms with Crippen LogP contribution in [0.15, 0.2) is 24.3 Å². The molecule has 0 aromatic heterocycles. The van der Waals surface area contributed by atoms with Gasteiger partial charge in [-0.05, 0) is 31.7 Å². The Hall–Kier alpha value is -1.55. The van der Waals surface area contributed by atoms with Crippen molar-refractivity contribution in [1.82, 2.24) is 10.2 Å². The lowest BCUT2D eigenvalue weighted by Crippen LogP contribution is -2.49. The summed E-state index contributed by atoms with van der Waals surface area (Å²) in [5, 5.41) is 3.04. The molecule has 1 spiro atoms. The number of urea groups is 1. The highest BCUT2D eigenvalue weighted by molar-refractivity contribution is 5.74. The Morgan fingerprint density at radius 1 is 1.33 bits per heavy atom. The molecule has 1 N–H and O–H groups in total. The highest BCUT2D eigenvalue weighted by Crippen LogP contribution is 2.37. The summed E-state index contributed by atoms with van der Waals surface area (Å²) < 4.78 is 5.55. The second kappa shape index (κ2) is 6.06. The van der Waals surface area contributed by atoms with Gasteiger partial charge in [-0.1, -0.05) is 29.8 Å². The lowest BCUT2D eigenvalue weighted by molar-refractivity contribution is 0.0826. The maximum atomic E-state index is 12.4. The molecule has 2 heterocycles. The summed E-state index contributed by atoms with van der Waals surface area (Å²) in [6.07, 6.45) is 3.37. The molecule has 1 unspecified atom stereocenters. The van der Waals surface area contributed by atoms with Gasteiger partial charge in [0.15, 0.2) is 0 Å². The number of carbonyl (C=O) groups is 1. The van der Waals surface area contributed by atoms with E-state index in [1.165, 1.54) is 12.0 Å². The molecular formula is C17H24N2O2. The average molecular weight is 288 g/mol. The molecule has 2 saturated heterocycles. The number of ether oxygens (including phenoxy) is 1. The number of likely N-dealkylation sites (tertiary alicyclic amines) is 1. The maximum absolute atomic E-state index is 12.4. The van der Waals surface area contributed by atoms with Crippen LogP contribution in [0.3, 0.4) is 0 Å². The van der Waals surface area contributed by atoms with E-state index in [-0.39, 0.29) is 11.4 Å². The quantitative estimate of drug-likeness (QED) is 0.909. The standard InChI is InChI=1S/C17H24N2O2/c1-14-3-5-15(6-4-14)11-18-16(20)19-9-2-7-17(12-19)8-10-21-13-17/h3-6H,2,7-13H2,1H3,(H,18,20). The molecule has 0 aliphatic carbocycles. The van der Waals surface area contributed by atoms with E-state index in [0.717, 1.165) is 44.7 Å². The summed E-state index contributed by atoms with van der Waals surface area (Å²) >= 11 is 0. The minimum Gasteiger partial charge on any atom is -0.381 e. The highest BCUT2D eigenvalue weighted by atomic mass is 16.5. The first-order valence-corrected chi connectivity index (χ1v) is 7.83. The summed E-state index contributed by atoms with van der Waals surface area (Å²) in [6, 6.07) is 8.35. The molecule has 1 aromatic carbocycles. The third-order valence-electron chi connectivity index (χ3n) is 4.70. The molecule has 4 heteroatoms. The molecule has 1 aromatic rings. The summed E-state index contributed by atoms with van der Waals surface area (Å²) in [4.78, 5) is 14.3. The van der Waals surface area contributed by atoms with Gasteiger partial charge in [0.05, 0.1) is 6.61 Å². The number of aryl methyl sites for hydroxylation is 1. The van der Waals surface area contributed by atoms with Gasteiger partial charge < -0.3 is 15.0 Å². The second-order valence-corrected chi connectivity index (χ2v) is 6.47. The van der Waals surface area contributed by atoms with Crippen molar-refractivity contribution in [2.75, 3.05) is 26.3 Å². The van der Waals surface area contributed by atoms with Gasteiger partial charge >= 0.3 is 6.03 Å². The summed E-state index contributed by atoms with van der Waals surface area (Å²) in [6.45, 7) is 6.03. The number of carbonyl (C=O) groups excluding carboxylic acids is 1. The normalized spacial score (nSPS) is 25.3. The van der Waals surface area contributed by atoms with Crippen LogP contribution in [0.4, 0.5) is 4.79 Å². The van der Waals surface area contributed by atoms with E-state index in [4.69, 9.17) is 4.74 Å². The number of benzene rings is 1. The smallest absolute Gasteiger partial charge is 0.317 e. The van der Waals surface area contributed by atoms with E-state index >= 15 is 0 Å². The molecular weight excluding hydrogens is 264 g/mol. The van der Waals surface area contributed by atoms with Gasteiger partial charge in [0.25, 0.3) is 0 Å². The van der Waals surface area contributed by atoms with Crippen LogP contribution in [0.5, 0.6) is 0 Å². The fraction of sp³-hybridized carbons (Fsp3) is 0.588. The van der Waals surface area contributed by atoms with Crippen molar-refractivity contribution >= 4 is 6.03 Å². The van der Waals surface area contributed by atoms with Crippen molar-refractivity contribution in [3.63, 3.8) is 0 Å². The summed E-state index contributed by atoms with van der Waals surface area (Å²) in [5.41, 5.74) is 2.61. The van der Waals surface area contributed by atoms with Crippen LogP contribution >= 0.6 is 0 Å². The van der Waals surface area contributed by atoms with Crippen LogP contribution in [0.1, 0.15) is 30.4 Å². The van der Waals surface area contributed by atoms with E-state index in [9.17, 15) is 4.79 Å². The van der Waals surface area contributed by atoms with Crippen LogP contribution in [0.2, 0.25) is 0 Å². The molecule has 2 aliphatic rings. The Balaban J connectivity index is 1.54. The molecule has 21 heavy (non-hydrogen) atoms. The first-order valence-electron chi connectivity index (χ1n) is 7.83. The van der Waals surface area contributed by atoms with Gasteiger partial charge in [-0.15, -0.1) is 0 Å². The largest absolute Gasteiger partial charge is 0.381 e. The molecule has 3 rings (SSSR count). The summed E-state index contributed by atoms with van der Waals surface area (Å²) in [5.74, 6) is 0. The van der Waals surface area contributed by atoms with E-state index in [1.54, 1.807) is 0 Å². The Bertz CT molecular complexity index is 492. The van der Waals surface area contributed by atoms with Gasteiger partial charge in [-0.25, -0.2) is 4.79 Å². The zero-order chi connectivity index (χ0) is 14.7. The Morgan fingerprint density at radius 3 is 2.86 bits per heavy atom. The maximum Gasteiger partial charge on any atom is 0.317 e. The Morgan fingerprint density at radius 2 is 2.14 bits per heavy atom. The molecule has 0 bridgehead atoms. The lowest BCUT2D eigenvalue weighted by Gasteiger charge is -2.39. The average Bonchev–Trinajstić information content (AvgIpc) is 2.94. The van der Waals surface area contributed by atoms with Crippen LogP contribution in [0.25, 0.3) is 0 Å². The van der Waals surface area contributed by atoms with Crippen molar-refractivity contribution in [1.29, 1.82) is 0 Å². The van der Waals surface area contributed by atoms with E-state index in [2.05, 4.69) is 36.5 Å². The van der Waals surface area contributed by atoms with Gasteiger partial charge in [-0.3, -0.25) is 0 Å². The van der Waals surface area contributed by atoms with Crippen molar-refractivity contribution < 1.29 is 9.53 Å². The molecule has 2 aliphatic heterocycles. The van der Waals surface area contributed by atoms with Gasteiger partial charge in [0.2, 0.25) is 0 Å². The minimum atomic E-state index is 0.0570. The first kappa shape index (κ1) is 14.4. The molecule has 2 fully saturated rings. The van der Waals surface area contributed by atoms with E-state index in [0.29, 0.717) is 6.54 Å². The van der Waals surface area contributed by atoms with Crippen molar-refractivity contribution in [2.45, 2.75) is 32.7 Å².